The molecule has 1 N–H and O–H groups in total. The first kappa shape index (κ1) is 21.0. The number of rotatable bonds is 5. The molecule has 2 aromatic carbocycles. The quantitative estimate of drug-likeness (QED) is 0.797. The van der Waals surface area contributed by atoms with Gasteiger partial charge in [0.15, 0.2) is 0 Å². The Morgan fingerprint density at radius 1 is 1.00 bits per heavy atom. The van der Waals surface area contributed by atoms with E-state index >= 15 is 0 Å². The largest absolute Gasteiger partial charge is 0.308 e. The van der Waals surface area contributed by atoms with E-state index in [2.05, 4.69) is 22.6 Å². The number of amides is 1. The average Bonchev–Trinajstić information content (AvgIpc) is 2.75. The van der Waals surface area contributed by atoms with Gasteiger partial charge in [-0.15, -0.1) is 0 Å². The standard InChI is InChI=1S/C23H29N3O3S/c1-18-11-12-19-7-5-6-10-22(19)26(18)23(27)17-25-15-13-20(14-16-25)24-30(28,29)21-8-3-2-4-9-21/h2-10,18,20,24H,11-17H2,1H3. The lowest BCUT2D eigenvalue weighted by Crippen LogP contribution is -2.50. The number of carbonyl (C=O) groups excluding carboxylic acids is 1. The zero-order valence-electron chi connectivity index (χ0n) is 17.3. The minimum atomic E-state index is -3.50. The summed E-state index contributed by atoms with van der Waals surface area (Å²) in [5.41, 5.74) is 2.27. The lowest BCUT2D eigenvalue weighted by atomic mass is 9.96. The second-order valence-corrected chi connectivity index (χ2v) is 9.98. The molecule has 0 bridgehead atoms. The number of hydrogen-bond donors (Lipinski definition) is 1. The molecule has 30 heavy (non-hydrogen) atoms. The summed E-state index contributed by atoms with van der Waals surface area (Å²) in [6, 6.07) is 16.7. The number of sulfonamides is 1. The van der Waals surface area contributed by atoms with Crippen molar-refractivity contribution in [2.75, 3.05) is 24.5 Å². The van der Waals surface area contributed by atoms with E-state index < -0.39 is 10.0 Å². The monoisotopic (exact) mass is 427 g/mol. The Labute approximate surface area is 178 Å². The van der Waals surface area contributed by atoms with Crippen LogP contribution in [0, 0.1) is 0 Å². The third kappa shape index (κ3) is 4.58. The predicted octanol–water partition coefficient (Wildman–Crippen LogP) is 2.80. The summed E-state index contributed by atoms with van der Waals surface area (Å²) < 4.78 is 27.9. The highest BCUT2D eigenvalue weighted by atomic mass is 32.2. The van der Waals surface area contributed by atoms with Crippen molar-refractivity contribution >= 4 is 21.6 Å². The summed E-state index contributed by atoms with van der Waals surface area (Å²) >= 11 is 0. The van der Waals surface area contributed by atoms with Crippen LogP contribution in [0.5, 0.6) is 0 Å². The number of carbonyl (C=O) groups is 1. The van der Waals surface area contributed by atoms with Crippen LogP contribution >= 0.6 is 0 Å². The van der Waals surface area contributed by atoms with Crippen molar-refractivity contribution in [3.05, 3.63) is 60.2 Å². The Kier molecular flexibility index (Phi) is 6.22. The molecule has 2 aliphatic rings. The molecule has 0 aliphatic carbocycles. The molecule has 160 valence electrons. The van der Waals surface area contributed by atoms with Gasteiger partial charge in [0.25, 0.3) is 0 Å². The Balaban J connectivity index is 1.34. The number of anilines is 1. The molecule has 1 atom stereocenters. The van der Waals surface area contributed by atoms with Crippen molar-refractivity contribution in [1.82, 2.24) is 9.62 Å². The number of nitrogens with zero attached hydrogens (tertiary/aromatic N) is 2. The minimum absolute atomic E-state index is 0.101. The zero-order chi connectivity index (χ0) is 21.1. The Hall–Kier alpha value is -2.22. The van der Waals surface area contributed by atoms with Gasteiger partial charge in [0.05, 0.1) is 11.4 Å². The van der Waals surface area contributed by atoms with Gasteiger partial charge in [0, 0.05) is 30.9 Å². The van der Waals surface area contributed by atoms with Crippen molar-refractivity contribution in [1.29, 1.82) is 0 Å². The maximum absolute atomic E-state index is 13.1. The fourth-order valence-corrected chi connectivity index (χ4v) is 5.76. The van der Waals surface area contributed by atoms with Gasteiger partial charge in [-0.25, -0.2) is 13.1 Å². The third-order valence-corrected chi connectivity index (χ3v) is 7.65. The number of fused-ring (bicyclic) bond motifs is 1. The minimum Gasteiger partial charge on any atom is -0.308 e. The van der Waals surface area contributed by atoms with Crippen LogP contribution in [-0.2, 0) is 21.2 Å². The van der Waals surface area contributed by atoms with Crippen molar-refractivity contribution < 1.29 is 13.2 Å². The van der Waals surface area contributed by atoms with Crippen LogP contribution in [0.4, 0.5) is 5.69 Å². The first-order chi connectivity index (χ1) is 14.4. The fourth-order valence-electron chi connectivity index (χ4n) is 4.43. The molecule has 1 saturated heterocycles. The Bertz CT molecular complexity index is 986. The van der Waals surface area contributed by atoms with Gasteiger partial charge in [-0.2, -0.15) is 0 Å². The van der Waals surface area contributed by atoms with Crippen LogP contribution < -0.4 is 9.62 Å². The van der Waals surface area contributed by atoms with Gasteiger partial charge in [0.2, 0.25) is 15.9 Å². The number of hydrogen-bond acceptors (Lipinski definition) is 4. The number of nitrogens with one attached hydrogen (secondary N) is 1. The number of para-hydroxylation sites is 1. The topological polar surface area (TPSA) is 69.7 Å². The summed E-state index contributed by atoms with van der Waals surface area (Å²) in [5.74, 6) is 0.123. The zero-order valence-corrected chi connectivity index (χ0v) is 18.1. The second-order valence-electron chi connectivity index (χ2n) is 8.26. The van der Waals surface area contributed by atoms with Crippen LogP contribution in [0.3, 0.4) is 0 Å². The summed E-state index contributed by atoms with van der Waals surface area (Å²) in [4.78, 5) is 17.5. The molecule has 2 heterocycles. The van der Waals surface area contributed by atoms with E-state index in [1.807, 2.05) is 23.1 Å². The lowest BCUT2D eigenvalue weighted by Gasteiger charge is -2.38. The highest BCUT2D eigenvalue weighted by Gasteiger charge is 2.30. The van der Waals surface area contributed by atoms with Gasteiger partial charge < -0.3 is 4.90 Å². The SMILES string of the molecule is CC1CCc2ccccc2N1C(=O)CN1CCC(NS(=O)(=O)c2ccccc2)CC1. The van der Waals surface area contributed by atoms with E-state index in [1.54, 1.807) is 30.3 Å². The second kappa shape index (κ2) is 8.88. The maximum Gasteiger partial charge on any atom is 0.241 e. The molecule has 1 unspecified atom stereocenters. The lowest BCUT2D eigenvalue weighted by molar-refractivity contribution is -0.120. The molecule has 0 radical (unpaired) electrons. The highest BCUT2D eigenvalue weighted by molar-refractivity contribution is 7.89. The smallest absolute Gasteiger partial charge is 0.241 e. The van der Waals surface area contributed by atoms with Crippen LogP contribution in [0.1, 0.15) is 31.7 Å². The van der Waals surface area contributed by atoms with Crippen molar-refractivity contribution in [2.24, 2.45) is 0 Å². The van der Waals surface area contributed by atoms with Crippen molar-refractivity contribution in [3.8, 4) is 0 Å². The van der Waals surface area contributed by atoms with Crippen LogP contribution in [0.15, 0.2) is 59.5 Å². The number of likely N-dealkylation sites (tertiary alicyclic amines) is 1. The molecule has 1 fully saturated rings. The molecular formula is C23H29N3O3S. The summed E-state index contributed by atoms with van der Waals surface area (Å²) in [5, 5.41) is 0. The summed E-state index contributed by atoms with van der Waals surface area (Å²) in [7, 11) is -3.50. The van der Waals surface area contributed by atoms with Gasteiger partial charge in [-0.1, -0.05) is 36.4 Å². The van der Waals surface area contributed by atoms with Crippen molar-refractivity contribution in [2.45, 2.75) is 49.6 Å². The van der Waals surface area contributed by atoms with Gasteiger partial charge in [-0.3, -0.25) is 9.69 Å². The average molecular weight is 428 g/mol. The number of aryl methyl sites for hydroxylation is 1. The molecule has 4 rings (SSSR count). The molecule has 6 nitrogen and oxygen atoms in total. The molecule has 0 aromatic heterocycles. The van der Waals surface area contributed by atoms with Crippen molar-refractivity contribution in [3.63, 3.8) is 0 Å². The van der Waals surface area contributed by atoms with Gasteiger partial charge in [0.1, 0.15) is 0 Å². The fraction of sp³-hybridized carbons (Fsp3) is 0.435. The first-order valence-corrected chi connectivity index (χ1v) is 12.1. The summed E-state index contributed by atoms with van der Waals surface area (Å²) in [6.07, 6.45) is 3.39. The number of benzene rings is 2. The third-order valence-electron chi connectivity index (χ3n) is 6.11. The normalized spacial score (nSPS) is 20.7. The van der Waals surface area contributed by atoms with Gasteiger partial charge in [-0.05, 0) is 56.4 Å². The molecular weight excluding hydrogens is 398 g/mol. The Morgan fingerprint density at radius 3 is 2.40 bits per heavy atom. The van der Waals surface area contributed by atoms with Crippen LogP contribution in [0.25, 0.3) is 0 Å². The predicted molar refractivity (Wildman–Crippen MR) is 118 cm³/mol. The first-order valence-electron chi connectivity index (χ1n) is 10.6. The summed E-state index contributed by atoms with van der Waals surface area (Å²) in [6.45, 7) is 3.89. The van der Waals surface area contributed by atoms with E-state index in [0.29, 0.717) is 37.4 Å². The van der Waals surface area contributed by atoms with E-state index in [-0.39, 0.29) is 18.0 Å². The molecule has 2 aliphatic heterocycles. The highest BCUT2D eigenvalue weighted by Crippen LogP contribution is 2.30. The molecule has 0 saturated carbocycles. The van der Waals surface area contributed by atoms with Crippen LogP contribution in [0.2, 0.25) is 0 Å². The van der Waals surface area contributed by atoms with E-state index in [0.717, 1.165) is 18.5 Å². The Morgan fingerprint density at radius 2 is 1.67 bits per heavy atom. The van der Waals surface area contributed by atoms with Gasteiger partial charge >= 0.3 is 0 Å². The molecule has 2 aromatic rings. The van der Waals surface area contributed by atoms with Crippen LogP contribution in [-0.4, -0.2) is 50.9 Å². The maximum atomic E-state index is 13.1. The molecule has 7 heteroatoms. The number of piperidine rings is 1. The van der Waals surface area contributed by atoms with E-state index in [9.17, 15) is 13.2 Å². The van der Waals surface area contributed by atoms with E-state index in [4.69, 9.17) is 0 Å². The molecule has 1 amide bonds. The molecule has 0 spiro atoms. The van der Waals surface area contributed by atoms with E-state index in [1.165, 1.54) is 5.56 Å².